The molecule has 0 bridgehead atoms. The number of hydrogen-bond donors (Lipinski definition) is 1. The first-order chi connectivity index (χ1) is 11.2. The van der Waals surface area contributed by atoms with Gasteiger partial charge < -0.3 is 20.0 Å². The van der Waals surface area contributed by atoms with Crippen LogP contribution in [-0.4, -0.2) is 35.1 Å². The zero-order valence-corrected chi connectivity index (χ0v) is 16.4. The molecule has 0 saturated heterocycles. The number of esters is 1. The van der Waals surface area contributed by atoms with Crippen molar-refractivity contribution in [3.63, 3.8) is 0 Å². The van der Waals surface area contributed by atoms with Gasteiger partial charge in [-0.2, -0.15) is 11.8 Å². The molecule has 1 aliphatic heterocycles. The molecular formula is C18H30NO4S-. The maximum absolute atomic E-state index is 12.4. The Labute approximate surface area is 149 Å². The topological polar surface area (TPSA) is 78.5 Å². The molecule has 1 N–H and O–H groups in total. The molecule has 1 rings (SSSR count). The van der Waals surface area contributed by atoms with Crippen molar-refractivity contribution < 1.29 is 19.4 Å². The number of carbonyl (C=O) groups excluding carboxylic acids is 2. The van der Waals surface area contributed by atoms with Crippen molar-refractivity contribution in [1.82, 2.24) is 5.32 Å². The Morgan fingerprint density at radius 3 is 2.46 bits per heavy atom. The Bertz CT molecular complexity index is 505. The lowest BCUT2D eigenvalue weighted by atomic mass is 9.67. The number of ether oxygens (including phenoxy) is 1. The molecule has 1 heterocycles. The maximum Gasteiger partial charge on any atom is 0.336 e. The molecule has 0 saturated carbocycles. The Hall–Kier alpha value is -1.17. The fraction of sp³-hybridized carbons (Fsp3) is 0.778. The number of carboxylic acid groups (broad SMARTS) is 1. The molecule has 0 spiro atoms. The summed E-state index contributed by atoms with van der Waals surface area (Å²) < 4.78 is 5.18. The standard InChI is InChI=1S/C18H31NO4S/c1-7-10-13-14(17(22)23-8-2)11(4)19-18(6,12(5)24-9-3)15(13)16(20)21/h12-13,15,19H,7-10H2,1-6H3,(H,20,21)/p-1. The van der Waals surface area contributed by atoms with Crippen LogP contribution < -0.4 is 10.4 Å². The van der Waals surface area contributed by atoms with Crippen molar-refractivity contribution in [2.75, 3.05) is 12.4 Å². The van der Waals surface area contributed by atoms with Crippen LogP contribution in [0.5, 0.6) is 0 Å². The highest BCUT2D eigenvalue weighted by atomic mass is 32.2. The minimum atomic E-state index is -1.11. The molecule has 0 aromatic rings. The third-order valence-corrected chi connectivity index (χ3v) is 6.21. The van der Waals surface area contributed by atoms with Crippen molar-refractivity contribution >= 4 is 23.7 Å². The van der Waals surface area contributed by atoms with E-state index in [-0.39, 0.29) is 11.9 Å². The number of rotatable bonds is 8. The lowest BCUT2D eigenvalue weighted by Crippen LogP contribution is -2.64. The second-order valence-electron chi connectivity index (χ2n) is 6.46. The van der Waals surface area contributed by atoms with E-state index >= 15 is 0 Å². The average Bonchev–Trinajstić information content (AvgIpc) is 2.47. The van der Waals surface area contributed by atoms with Crippen LogP contribution in [0.4, 0.5) is 0 Å². The van der Waals surface area contributed by atoms with Crippen LogP contribution in [0, 0.1) is 11.8 Å². The molecule has 0 amide bonds. The summed E-state index contributed by atoms with van der Waals surface area (Å²) in [6, 6.07) is 0. The average molecular weight is 357 g/mol. The zero-order chi connectivity index (χ0) is 18.5. The van der Waals surface area contributed by atoms with Crippen LogP contribution in [0.1, 0.15) is 54.4 Å². The normalized spacial score (nSPS) is 28.2. The van der Waals surface area contributed by atoms with Crippen molar-refractivity contribution in [2.24, 2.45) is 11.8 Å². The third kappa shape index (κ3) is 4.08. The van der Waals surface area contributed by atoms with Crippen LogP contribution in [-0.2, 0) is 14.3 Å². The van der Waals surface area contributed by atoms with Gasteiger partial charge in [0.1, 0.15) is 0 Å². The van der Waals surface area contributed by atoms with E-state index in [9.17, 15) is 14.7 Å². The van der Waals surface area contributed by atoms with E-state index in [0.717, 1.165) is 17.9 Å². The van der Waals surface area contributed by atoms with Crippen LogP contribution in [0.2, 0.25) is 0 Å². The van der Waals surface area contributed by atoms with Gasteiger partial charge in [-0.15, -0.1) is 0 Å². The molecule has 0 fully saturated rings. The minimum Gasteiger partial charge on any atom is -0.550 e. The van der Waals surface area contributed by atoms with E-state index in [1.807, 2.05) is 27.7 Å². The number of thioether (sulfide) groups is 1. The monoisotopic (exact) mass is 356 g/mol. The van der Waals surface area contributed by atoms with Crippen LogP contribution in [0.25, 0.3) is 0 Å². The summed E-state index contributed by atoms with van der Waals surface area (Å²) in [6.07, 6.45) is 1.40. The molecule has 24 heavy (non-hydrogen) atoms. The van der Waals surface area contributed by atoms with E-state index < -0.39 is 29.3 Å². The van der Waals surface area contributed by atoms with Gasteiger partial charge in [0.25, 0.3) is 0 Å². The van der Waals surface area contributed by atoms with Crippen molar-refractivity contribution in [2.45, 2.75) is 65.2 Å². The summed E-state index contributed by atoms with van der Waals surface area (Å²) >= 11 is 1.71. The first-order valence-electron chi connectivity index (χ1n) is 8.72. The Balaban J connectivity index is 3.43. The third-order valence-electron chi connectivity index (χ3n) is 4.89. The van der Waals surface area contributed by atoms with E-state index in [2.05, 4.69) is 12.2 Å². The van der Waals surface area contributed by atoms with Gasteiger partial charge in [-0.05, 0) is 32.9 Å². The van der Waals surface area contributed by atoms with Crippen LogP contribution in [0.15, 0.2) is 11.3 Å². The number of hydrogen-bond acceptors (Lipinski definition) is 6. The van der Waals surface area contributed by atoms with Gasteiger partial charge in [0.2, 0.25) is 0 Å². The number of carbonyl (C=O) groups is 2. The maximum atomic E-state index is 12.4. The smallest absolute Gasteiger partial charge is 0.336 e. The zero-order valence-electron chi connectivity index (χ0n) is 15.6. The fourth-order valence-corrected chi connectivity index (χ4v) is 4.79. The van der Waals surface area contributed by atoms with Gasteiger partial charge >= 0.3 is 5.97 Å². The summed E-state index contributed by atoms with van der Waals surface area (Å²) in [4.78, 5) is 24.5. The van der Waals surface area contributed by atoms with Gasteiger partial charge in [0.15, 0.2) is 0 Å². The highest BCUT2D eigenvalue weighted by Crippen LogP contribution is 2.43. The van der Waals surface area contributed by atoms with E-state index in [1.54, 1.807) is 18.7 Å². The fourth-order valence-electron chi connectivity index (χ4n) is 3.73. The summed E-state index contributed by atoms with van der Waals surface area (Å²) in [6.45, 7) is 11.9. The quantitative estimate of drug-likeness (QED) is 0.671. The Morgan fingerprint density at radius 1 is 1.38 bits per heavy atom. The molecule has 0 radical (unpaired) electrons. The van der Waals surface area contributed by atoms with E-state index in [0.29, 0.717) is 12.0 Å². The van der Waals surface area contributed by atoms with Crippen molar-refractivity contribution in [3.05, 3.63) is 11.3 Å². The summed E-state index contributed by atoms with van der Waals surface area (Å²) in [5, 5.41) is 15.4. The van der Waals surface area contributed by atoms with Crippen LogP contribution >= 0.6 is 11.8 Å². The number of nitrogens with one attached hydrogen (secondary N) is 1. The Morgan fingerprint density at radius 2 is 2.00 bits per heavy atom. The highest BCUT2D eigenvalue weighted by molar-refractivity contribution is 7.99. The lowest BCUT2D eigenvalue weighted by molar-refractivity contribution is -0.315. The van der Waals surface area contributed by atoms with Gasteiger partial charge in [-0.25, -0.2) is 4.79 Å². The second-order valence-corrected chi connectivity index (χ2v) is 8.07. The molecule has 4 atom stereocenters. The van der Waals surface area contributed by atoms with Gasteiger partial charge in [-0.1, -0.05) is 27.2 Å². The molecule has 0 aromatic carbocycles. The second kappa shape index (κ2) is 8.79. The largest absolute Gasteiger partial charge is 0.550 e. The molecule has 4 unspecified atom stereocenters. The molecule has 5 nitrogen and oxygen atoms in total. The first-order valence-corrected chi connectivity index (χ1v) is 9.77. The summed E-state index contributed by atoms with van der Waals surface area (Å²) in [5.74, 6) is -1.82. The minimum absolute atomic E-state index is 0.0588. The van der Waals surface area contributed by atoms with E-state index in [4.69, 9.17) is 4.74 Å². The van der Waals surface area contributed by atoms with Gasteiger partial charge in [0.05, 0.1) is 17.7 Å². The molecule has 6 heteroatoms. The molecule has 1 aliphatic rings. The number of carboxylic acids is 1. The van der Waals surface area contributed by atoms with Gasteiger partial charge in [-0.3, -0.25) is 0 Å². The summed E-state index contributed by atoms with van der Waals surface area (Å²) in [7, 11) is 0. The molecule has 138 valence electrons. The van der Waals surface area contributed by atoms with Crippen molar-refractivity contribution in [1.29, 1.82) is 0 Å². The predicted molar refractivity (Wildman–Crippen MR) is 95.4 cm³/mol. The molecular weight excluding hydrogens is 326 g/mol. The number of allylic oxidation sites excluding steroid dienone is 1. The lowest BCUT2D eigenvalue weighted by Gasteiger charge is -2.51. The number of aliphatic carboxylic acids is 1. The van der Waals surface area contributed by atoms with Crippen LogP contribution in [0.3, 0.4) is 0 Å². The van der Waals surface area contributed by atoms with E-state index in [1.165, 1.54) is 0 Å². The SMILES string of the molecule is CCCC1C(C(=O)OCC)=C(C)NC(C)(C(C)SCC)C1C(=O)[O-]. The molecule has 0 aromatic heterocycles. The Kier molecular flexibility index (Phi) is 7.64. The predicted octanol–water partition coefficient (Wildman–Crippen LogP) is 2.11. The van der Waals surface area contributed by atoms with Crippen molar-refractivity contribution in [3.8, 4) is 0 Å². The van der Waals surface area contributed by atoms with Gasteiger partial charge in [0, 0.05) is 28.8 Å². The first kappa shape index (κ1) is 20.9. The molecule has 0 aliphatic carbocycles. The highest BCUT2D eigenvalue weighted by Gasteiger charge is 2.50. The summed E-state index contributed by atoms with van der Waals surface area (Å²) in [5.41, 5.74) is 0.494.